The Bertz CT molecular complexity index is 970. The van der Waals surface area contributed by atoms with Crippen LogP contribution in [-0.4, -0.2) is 17.1 Å². The monoisotopic (exact) mass is 428 g/mol. The maximum atomic E-state index is 3.07. The molecular weight excluding hydrogens is 388 g/mol. The van der Waals surface area contributed by atoms with Gasteiger partial charge < -0.3 is 4.90 Å². The third kappa shape index (κ3) is 2.87. The zero-order valence-corrected chi connectivity index (χ0v) is 20.3. The molecule has 4 atom stereocenters. The molecule has 2 nitrogen and oxygen atoms in total. The highest BCUT2D eigenvalue weighted by Gasteiger charge is 2.62. The fourth-order valence-electron chi connectivity index (χ4n) is 8.27. The van der Waals surface area contributed by atoms with Gasteiger partial charge in [-0.2, -0.15) is 0 Å². The summed E-state index contributed by atoms with van der Waals surface area (Å²) in [5.74, 6) is 1.55. The SMILES string of the molecule is Cc1ccccc1N1C(C2CCCC2)N2C(c3ccccc3C2(C)C2CCCCC2)[C@@H]1C. The van der Waals surface area contributed by atoms with Gasteiger partial charge in [0.2, 0.25) is 0 Å². The maximum absolute atomic E-state index is 3.07. The van der Waals surface area contributed by atoms with E-state index in [4.69, 9.17) is 0 Å². The predicted octanol–water partition coefficient (Wildman–Crippen LogP) is 7.57. The Balaban J connectivity index is 1.54. The van der Waals surface area contributed by atoms with Gasteiger partial charge in [0.1, 0.15) is 0 Å². The second kappa shape index (κ2) is 7.90. The van der Waals surface area contributed by atoms with Crippen molar-refractivity contribution in [3.8, 4) is 0 Å². The molecule has 3 unspecified atom stereocenters. The van der Waals surface area contributed by atoms with Crippen molar-refractivity contribution in [1.82, 2.24) is 4.90 Å². The number of fused-ring (bicyclic) bond motifs is 3. The normalized spacial score (nSPS) is 33.6. The summed E-state index contributed by atoms with van der Waals surface area (Å²) in [6.45, 7) is 7.46. The van der Waals surface area contributed by atoms with Crippen LogP contribution in [0.4, 0.5) is 5.69 Å². The summed E-state index contributed by atoms with van der Waals surface area (Å²) >= 11 is 0. The number of benzene rings is 2. The molecular formula is C30H40N2. The van der Waals surface area contributed by atoms with Crippen molar-refractivity contribution in [3.05, 3.63) is 65.2 Å². The Labute approximate surface area is 195 Å². The smallest absolute Gasteiger partial charge is 0.0866 e. The third-order valence-corrected chi connectivity index (χ3v) is 9.74. The van der Waals surface area contributed by atoms with Crippen LogP contribution in [0.5, 0.6) is 0 Å². The van der Waals surface area contributed by atoms with E-state index in [1.54, 1.807) is 11.1 Å². The Kier molecular flexibility index (Phi) is 5.13. The number of hydrogen-bond donors (Lipinski definition) is 0. The fourth-order valence-corrected chi connectivity index (χ4v) is 8.27. The highest BCUT2D eigenvalue weighted by atomic mass is 15.5. The molecule has 2 aliphatic heterocycles. The van der Waals surface area contributed by atoms with Crippen LogP contribution in [0, 0.1) is 18.8 Å². The molecule has 170 valence electrons. The summed E-state index contributed by atoms with van der Waals surface area (Å²) in [6, 6.07) is 19.7. The first kappa shape index (κ1) is 20.8. The average Bonchev–Trinajstić information content (AvgIpc) is 3.52. The highest BCUT2D eigenvalue weighted by Crippen LogP contribution is 2.61. The third-order valence-electron chi connectivity index (χ3n) is 9.74. The van der Waals surface area contributed by atoms with E-state index in [2.05, 4.69) is 79.1 Å². The Morgan fingerprint density at radius 2 is 1.47 bits per heavy atom. The van der Waals surface area contributed by atoms with Crippen LogP contribution >= 0.6 is 0 Å². The molecule has 2 aromatic carbocycles. The van der Waals surface area contributed by atoms with Gasteiger partial charge in [0.25, 0.3) is 0 Å². The lowest BCUT2D eigenvalue weighted by Crippen LogP contribution is -2.54. The van der Waals surface area contributed by atoms with Crippen LogP contribution in [0.15, 0.2) is 48.5 Å². The Morgan fingerprint density at radius 3 is 2.22 bits per heavy atom. The second-order valence-corrected chi connectivity index (χ2v) is 11.3. The van der Waals surface area contributed by atoms with Gasteiger partial charge in [-0.25, -0.2) is 0 Å². The van der Waals surface area contributed by atoms with Gasteiger partial charge in [0.05, 0.1) is 12.2 Å². The highest BCUT2D eigenvalue weighted by molar-refractivity contribution is 5.59. The molecule has 1 saturated heterocycles. The van der Waals surface area contributed by atoms with Crippen molar-refractivity contribution >= 4 is 5.69 Å². The second-order valence-electron chi connectivity index (χ2n) is 11.3. The molecule has 2 aromatic rings. The van der Waals surface area contributed by atoms with Crippen LogP contribution in [-0.2, 0) is 5.54 Å². The van der Waals surface area contributed by atoms with E-state index >= 15 is 0 Å². The number of rotatable bonds is 3. The zero-order valence-electron chi connectivity index (χ0n) is 20.3. The summed E-state index contributed by atoms with van der Waals surface area (Å²) in [7, 11) is 0. The lowest BCUT2D eigenvalue weighted by atomic mass is 9.71. The number of nitrogens with zero attached hydrogens (tertiary/aromatic N) is 2. The minimum atomic E-state index is 0.153. The summed E-state index contributed by atoms with van der Waals surface area (Å²) in [4.78, 5) is 5.94. The molecule has 6 rings (SSSR count). The lowest BCUT2D eigenvalue weighted by molar-refractivity contribution is -0.0116. The van der Waals surface area contributed by atoms with E-state index in [-0.39, 0.29) is 5.54 Å². The van der Waals surface area contributed by atoms with E-state index in [1.165, 1.54) is 69.0 Å². The minimum absolute atomic E-state index is 0.153. The predicted molar refractivity (Wildman–Crippen MR) is 134 cm³/mol. The van der Waals surface area contributed by atoms with E-state index in [0.29, 0.717) is 18.2 Å². The molecule has 32 heavy (non-hydrogen) atoms. The van der Waals surface area contributed by atoms with Crippen molar-refractivity contribution < 1.29 is 0 Å². The summed E-state index contributed by atoms with van der Waals surface area (Å²) < 4.78 is 0. The van der Waals surface area contributed by atoms with E-state index in [1.807, 2.05) is 0 Å². The van der Waals surface area contributed by atoms with Crippen LogP contribution < -0.4 is 4.90 Å². The number of anilines is 1. The molecule has 2 heteroatoms. The molecule has 2 aliphatic carbocycles. The first-order valence-corrected chi connectivity index (χ1v) is 13.3. The molecule has 4 aliphatic rings. The van der Waals surface area contributed by atoms with Crippen molar-refractivity contribution in [1.29, 1.82) is 0 Å². The van der Waals surface area contributed by atoms with Crippen LogP contribution in [0.2, 0.25) is 0 Å². The van der Waals surface area contributed by atoms with Crippen molar-refractivity contribution in [2.75, 3.05) is 4.90 Å². The van der Waals surface area contributed by atoms with Gasteiger partial charge in [-0.3, -0.25) is 4.90 Å². The van der Waals surface area contributed by atoms with Gasteiger partial charge >= 0.3 is 0 Å². The van der Waals surface area contributed by atoms with Crippen molar-refractivity contribution in [3.63, 3.8) is 0 Å². The largest absolute Gasteiger partial charge is 0.351 e. The molecule has 2 saturated carbocycles. The van der Waals surface area contributed by atoms with E-state index < -0.39 is 0 Å². The fraction of sp³-hybridized carbons (Fsp3) is 0.600. The molecule has 0 aromatic heterocycles. The Morgan fingerprint density at radius 1 is 0.812 bits per heavy atom. The van der Waals surface area contributed by atoms with E-state index in [0.717, 1.165) is 11.8 Å². The molecule has 0 bridgehead atoms. The van der Waals surface area contributed by atoms with Crippen molar-refractivity contribution in [2.24, 2.45) is 11.8 Å². The lowest BCUT2D eigenvalue weighted by Gasteiger charge is -2.49. The molecule has 2 heterocycles. The summed E-state index contributed by atoms with van der Waals surface area (Å²) in [5.41, 5.74) is 6.31. The van der Waals surface area contributed by atoms with Crippen molar-refractivity contribution in [2.45, 2.75) is 102 Å². The number of para-hydroxylation sites is 1. The first-order valence-electron chi connectivity index (χ1n) is 13.3. The van der Waals surface area contributed by atoms with Gasteiger partial charge in [0.15, 0.2) is 0 Å². The summed E-state index contributed by atoms with van der Waals surface area (Å²) in [6.07, 6.45) is 13.1. The first-order chi connectivity index (χ1) is 15.6. The Hall–Kier alpha value is -1.80. The molecule has 0 amide bonds. The van der Waals surface area contributed by atoms with Gasteiger partial charge in [-0.05, 0) is 81.0 Å². The van der Waals surface area contributed by atoms with Gasteiger partial charge in [0, 0.05) is 17.3 Å². The quantitative estimate of drug-likeness (QED) is 0.497. The standard InChI is InChI=1S/C30H40N2/c1-21-13-7-12-20-27(21)31-22(2)28-25-18-10-11-19-26(25)30(3,24-16-5-4-6-17-24)32(28)29(31)23-14-8-9-15-23/h7,10-13,18-20,22-24,28-29H,4-6,8-9,14-17H2,1-3H3/t22-,28?,29?,30?/m0/s1. The number of aryl methyl sites for hydroxylation is 1. The topological polar surface area (TPSA) is 6.48 Å². The molecule has 0 N–H and O–H groups in total. The molecule has 3 fully saturated rings. The molecule has 0 radical (unpaired) electrons. The van der Waals surface area contributed by atoms with E-state index in [9.17, 15) is 0 Å². The summed E-state index contributed by atoms with van der Waals surface area (Å²) in [5, 5.41) is 0. The number of hydrogen-bond acceptors (Lipinski definition) is 2. The molecule has 0 spiro atoms. The van der Waals surface area contributed by atoms with Gasteiger partial charge in [-0.15, -0.1) is 0 Å². The van der Waals surface area contributed by atoms with Crippen LogP contribution in [0.1, 0.15) is 94.4 Å². The zero-order chi connectivity index (χ0) is 21.9. The average molecular weight is 429 g/mol. The van der Waals surface area contributed by atoms with Gasteiger partial charge in [-0.1, -0.05) is 74.6 Å². The van der Waals surface area contributed by atoms with Crippen LogP contribution in [0.3, 0.4) is 0 Å². The van der Waals surface area contributed by atoms with Crippen LogP contribution in [0.25, 0.3) is 0 Å². The minimum Gasteiger partial charge on any atom is -0.351 e. The maximum Gasteiger partial charge on any atom is 0.0866 e.